The second-order valence-electron chi connectivity index (χ2n) is 4.04. The van der Waals surface area contributed by atoms with Crippen LogP contribution in [0.25, 0.3) is 0 Å². The van der Waals surface area contributed by atoms with E-state index in [9.17, 15) is 4.79 Å². The van der Waals surface area contributed by atoms with Crippen molar-refractivity contribution in [3.05, 3.63) is 35.9 Å². The number of hydrogen-bond donors (Lipinski definition) is 3. The molecule has 0 aliphatic carbocycles. The van der Waals surface area contributed by atoms with E-state index in [4.69, 9.17) is 10.2 Å². The fourth-order valence-electron chi connectivity index (χ4n) is 1.58. The fourth-order valence-corrected chi connectivity index (χ4v) is 1.58. The summed E-state index contributed by atoms with van der Waals surface area (Å²) in [5, 5.41) is 20.4. The number of hydrogen-bond acceptors (Lipinski definition) is 3. The van der Waals surface area contributed by atoms with Gasteiger partial charge in [0.05, 0.1) is 12.5 Å². The molecule has 0 radical (unpaired) electrons. The van der Waals surface area contributed by atoms with Crippen molar-refractivity contribution in [3.8, 4) is 0 Å². The number of aliphatic hydroxyl groups excluding tert-OH is 1. The van der Waals surface area contributed by atoms with Crippen molar-refractivity contribution in [2.45, 2.75) is 25.4 Å². The number of carboxylic acid groups (broad SMARTS) is 1. The average molecular weight is 237 g/mol. The lowest BCUT2D eigenvalue weighted by Gasteiger charge is -2.16. The maximum absolute atomic E-state index is 10.2. The fraction of sp³-hybridized carbons (Fsp3) is 0.462. The molecule has 1 aliphatic heterocycles. The molecule has 1 fully saturated rings. The second kappa shape index (κ2) is 7.81. The maximum Gasteiger partial charge on any atom is 0.307 e. The van der Waals surface area contributed by atoms with Gasteiger partial charge in [0, 0.05) is 0 Å². The van der Waals surface area contributed by atoms with Crippen LogP contribution < -0.4 is 5.32 Å². The SMILES string of the molecule is O=C(O)Cc1ccccc1.OC1CCNCC1. The van der Waals surface area contributed by atoms with Crippen LogP contribution in [-0.4, -0.2) is 35.4 Å². The Morgan fingerprint density at radius 3 is 2.24 bits per heavy atom. The molecular formula is C13H19NO3. The summed E-state index contributed by atoms with van der Waals surface area (Å²) in [5.74, 6) is -0.786. The van der Waals surface area contributed by atoms with Gasteiger partial charge in [-0.3, -0.25) is 4.79 Å². The lowest BCUT2D eigenvalue weighted by Crippen LogP contribution is -2.30. The van der Waals surface area contributed by atoms with E-state index in [0.29, 0.717) is 0 Å². The summed E-state index contributed by atoms with van der Waals surface area (Å²) < 4.78 is 0. The van der Waals surface area contributed by atoms with Gasteiger partial charge < -0.3 is 15.5 Å². The molecule has 2 rings (SSSR count). The van der Waals surface area contributed by atoms with Gasteiger partial charge in [-0.15, -0.1) is 0 Å². The molecule has 17 heavy (non-hydrogen) atoms. The third kappa shape index (κ3) is 6.71. The largest absolute Gasteiger partial charge is 0.481 e. The molecule has 0 unspecified atom stereocenters. The van der Waals surface area contributed by atoms with E-state index < -0.39 is 5.97 Å². The smallest absolute Gasteiger partial charge is 0.307 e. The minimum absolute atomic E-state index is 0.0266. The molecule has 1 heterocycles. The van der Waals surface area contributed by atoms with Crippen LogP contribution in [0, 0.1) is 0 Å². The molecular weight excluding hydrogens is 218 g/mol. The van der Waals surface area contributed by atoms with Gasteiger partial charge in [0.2, 0.25) is 0 Å². The number of aliphatic carboxylic acids is 1. The monoisotopic (exact) mass is 237 g/mol. The number of carbonyl (C=O) groups is 1. The third-order valence-corrected chi connectivity index (χ3v) is 2.51. The molecule has 4 nitrogen and oxygen atoms in total. The summed E-state index contributed by atoms with van der Waals surface area (Å²) in [4.78, 5) is 10.2. The van der Waals surface area contributed by atoms with Crippen molar-refractivity contribution in [2.24, 2.45) is 0 Å². The molecule has 3 N–H and O–H groups in total. The Balaban J connectivity index is 0.000000181. The predicted molar refractivity (Wildman–Crippen MR) is 65.9 cm³/mol. The number of aliphatic hydroxyl groups is 1. The van der Waals surface area contributed by atoms with Gasteiger partial charge in [-0.25, -0.2) is 0 Å². The summed E-state index contributed by atoms with van der Waals surface area (Å²) in [6.45, 7) is 1.97. The summed E-state index contributed by atoms with van der Waals surface area (Å²) in [6.07, 6.45) is 1.95. The van der Waals surface area contributed by atoms with Crippen molar-refractivity contribution in [1.82, 2.24) is 5.32 Å². The first kappa shape index (κ1) is 13.7. The maximum atomic E-state index is 10.2. The standard InChI is InChI=1S/C8H8O2.C5H11NO/c9-8(10)6-7-4-2-1-3-5-7;7-5-1-3-6-4-2-5/h1-5H,6H2,(H,9,10);5-7H,1-4H2. The van der Waals surface area contributed by atoms with Gasteiger partial charge >= 0.3 is 5.97 Å². The van der Waals surface area contributed by atoms with E-state index in [2.05, 4.69) is 5.32 Å². The van der Waals surface area contributed by atoms with Crippen molar-refractivity contribution in [1.29, 1.82) is 0 Å². The lowest BCUT2D eigenvalue weighted by molar-refractivity contribution is -0.136. The molecule has 0 atom stereocenters. The first-order valence-corrected chi connectivity index (χ1v) is 5.83. The first-order valence-electron chi connectivity index (χ1n) is 5.83. The molecule has 0 bridgehead atoms. The van der Waals surface area contributed by atoms with E-state index >= 15 is 0 Å². The Bertz CT molecular complexity index is 321. The summed E-state index contributed by atoms with van der Waals surface area (Å²) in [6, 6.07) is 9.13. The Kier molecular flexibility index (Phi) is 6.29. The number of benzene rings is 1. The minimum atomic E-state index is -0.786. The Morgan fingerprint density at radius 1 is 1.24 bits per heavy atom. The van der Waals surface area contributed by atoms with Gasteiger partial charge in [-0.1, -0.05) is 30.3 Å². The third-order valence-electron chi connectivity index (χ3n) is 2.51. The highest BCUT2D eigenvalue weighted by molar-refractivity contribution is 5.70. The van der Waals surface area contributed by atoms with Crippen LogP contribution in [0.2, 0.25) is 0 Å². The quantitative estimate of drug-likeness (QED) is 0.719. The van der Waals surface area contributed by atoms with Crippen molar-refractivity contribution >= 4 is 5.97 Å². The van der Waals surface area contributed by atoms with E-state index in [1.165, 1.54) is 0 Å². The predicted octanol–water partition coefficient (Wildman–Crippen LogP) is 1.04. The molecule has 1 aromatic rings. The van der Waals surface area contributed by atoms with Gasteiger partial charge in [-0.05, 0) is 31.5 Å². The van der Waals surface area contributed by atoms with E-state index in [1.807, 2.05) is 18.2 Å². The van der Waals surface area contributed by atoms with E-state index in [-0.39, 0.29) is 12.5 Å². The average Bonchev–Trinajstić information content (AvgIpc) is 2.31. The van der Waals surface area contributed by atoms with Gasteiger partial charge in [0.1, 0.15) is 0 Å². The van der Waals surface area contributed by atoms with Gasteiger partial charge in [0.15, 0.2) is 0 Å². The number of piperidine rings is 1. The zero-order valence-corrected chi connectivity index (χ0v) is 9.80. The van der Waals surface area contributed by atoms with Gasteiger partial charge in [0.25, 0.3) is 0 Å². The number of carboxylic acids is 1. The summed E-state index contributed by atoms with van der Waals surface area (Å²) >= 11 is 0. The van der Waals surface area contributed by atoms with Crippen LogP contribution >= 0.6 is 0 Å². The normalized spacial score (nSPS) is 15.8. The second-order valence-corrected chi connectivity index (χ2v) is 4.04. The Morgan fingerprint density at radius 2 is 1.82 bits per heavy atom. The Labute approximate surface area is 101 Å². The Hall–Kier alpha value is -1.39. The van der Waals surface area contributed by atoms with E-state index in [0.717, 1.165) is 31.5 Å². The van der Waals surface area contributed by atoms with Crippen LogP contribution in [0.15, 0.2) is 30.3 Å². The number of nitrogens with one attached hydrogen (secondary N) is 1. The van der Waals surface area contributed by atoms with Gasteiger partial charge in [-0.2, -0.15) is 0 Å². The molecule has 94 valence electrons. The summed E-state index contributed by atoms with van der Waals surface area (Å²) in [7, 11) is 0. The topological polar surface area (TPSA) is 69.6 Å². The minimum Gasteiger partial charge on any atom is -0.481 e. The van der Waals surface area contributed by atoms with Crippen molar-refractivity contribution in [3.63, 3.8) is 0 Å². The molecule has 1 aliphatic rings. The van der Waals surface area contributed by atoms with Crippen molar-refractivity contribution in [2.75, 3.05) is 13.1 Å². The molecule has 0 amide bonds. The first-order chi connectivity index (χ1) is 8.18. The molecule has 4 heteroatoms. The summed E-state index contributed by atoms with van der Waals surface area (Å²) in [5.41, 5.74) is 0.843. The van der Waals surface area contributed by atoms with Crippen LogP contribution in [0.5, 0.6) is 0 Å². The van der Waals surface area contributed by atoms with Crippen LogP contribution in [0.1, 0.15) is 18.4 Å². The highest BCUT2D eigenvalue weighted by Gasteiger charge is 2.06. The van der Waals surface area contributed by atoms with E-state index in [1.54, 1.807) is 12.1 Å². The number of rotatable bonds is 2. The van der Waals surface area contributed by atoms with Crippen molar-refractivity contribution < 1.29 is 15.0 Å². The highest BCUT2D eigenvalue weighted by Crippen LogP contribution is 1.99. The molecule has 1 saturated heterocycles. The lowest BCUT2D eigenvalue weighted by atomic mass is 10.1. The van der Waals surface area contributed by atoms with Crippen LogP contribution in [0.4, 0.5) is 0 Å². The molecule has 0 spiro atoms. The van der Waals surface area contributed by atoms with Crippen LogP contribution in [-0.2, 0) is 11.2 Å². The van der Waals surface area contributed by atoms with Crippen LogP contribution in [0.3, 0.4) is 0 Å². The zero-order chi connectivity index (χ0) is 12.5. The molecule has 1 aromatic carbocycles. The molecule has 0 aromatic heterocycles. The molecule has 0 saturated carbocycles. The highest BCUT2D eigenvalue weighted by atomic mass is 16.4. The zero-order valence-electron chi connectivity index (χ0n) is 9.80.